The summed E-state index contributed by atoms with van der Waals surface area (Å²) in [4.78, 5) is 181. The molecule has 3 aliphatic rings. The van der Waals surface area contributed by atoms with Crippen LogP contribution in [-0.4, -0.2) is 236 Å². The summed E-state index contributed by atoms with van der Waals surface area (Å²) in [6, 6.07) is -0.142. The Morgan fingerprint density at radius 3 is 1.83 bits per heavy atom. The first kappa shape index (κ1) is 113. The maximum absolute atomic E-state index is 12.6. The summed E-state index contributed by atoms with van der Waals surface area (Å²) in [5, 5.41) is 80.8. The molecule has 54 heteroatoms. The molecule has 121 heavy (non-hydrogen) atoms. The van der Waals surface area contributed by atoms with Gasteiger partial charge in [0.1, 0.15) is 42.0 Å². The predicted octanol–water partition coefficient (Wildman–Crippen LogP) is 2.42. The number of nitrogens with two attached hydrogens (primary N) is 4. The van der Waals surface area contributed by atoms with E-state index in [1.807, 2.05) is 25.6 Å². The van der Waals surface area contributed by atoms with Gasteiger partial charge in [0, 0.05) is 118 Å². The molecule has 0 aliphatic carbocycles. The number of aromatic nitrogens is 4. The molecule has 2 aromatic heterocycles. The second-order valence-electron chi connectivity index (χ2n) is 28.5. The third-order valence-corrected chi connectivity index (χ3v) is 26.1. The quantitative estimate of drug-likeness (QED) is 0.0196. The van der Waals surface area contributed by atoms with Gasteiger partial charge in [0.25, 0.3) is 15.6 Å². The number of aliphatic hydroxyl groups excluding tert-OH is 2. The second kappa shape index (κ2) is 62.6. The number of rotatable bonds is 52. The summed E-state index contributed by atoms with van der Waals surface area (Å²) >= 11 is 0.135. The molecule has 0 spiro atoms. The minimum absolute atomic E-state index is 0.0273. The van der Waals surface area contributed by atoms with Crippen molar-refractivity contribution in [3.8, 4) is 0 Å². The van der Waals surface area contributed by atoms with Crippen LogP contribution in [0.4, 0.5) is 15.4 Å². The molecule has 46 nitrogen and oxygen atoms in total. The van der Waals surface area contributed by atoms with Crippen molar-refractivity contribution in [1.29, 1.82) is 4.16 Å². The van der Waals surface area contributed by atoms with Crippen LogP contribution >= 0.6 is 80.9 Å². The molecule has 3 saturated heterocycles. The van der Waals surface area contributed by atoms with E-state index in [0.717, 1.165) is 118 Å². The number of halogens is 2. The first-order valence-electron chi connectivity index (χ1n) is 38.9. The standard InChI is InChI=1S/C29H48N7O19P3S.C10H18N2O3S.C10H18N2O3.C9H20N2O2.C9H17NO3.BH2I2NO/c1-28(2,24(42)27(43)32-10-9-18(37)31-11-12-59-20(40)8-6-4-5-7-19(38)39)14-52-58(49,50)55-57(47,48)51-13-17-22(54-56(44,45)46)23(41)29(3,53-17)36-16-35-21-25(30)33-15-34-26(21)36;13-9(14)4-2-1-3-8-7-12-10(15)11-5-6-16-8;1-7-8(12-10(15)11-7)5-3-2-4-6-9(13)14;2*1-7(10)8(11)5-3-2-4-6-9(12)13;4-3-2-1-5/h15-17,22-24,41-42H,4-14H2,1-3H3,(H,31,37)(H,32,43)(H,38,39)(H,47,48)(H,49,50)(H2,30,33,34)(H2,44,45,46);8H,1-7H2,(H,13,14)(H2,11,12,15);7-8H,2-6H2,1H3,(H,13,14)(H2,11,12,15);7-8H,2-6,10-11H2,1H3,(H,12,13);7H,2-6,10H2,1H3,(H,12,13);2,4H/p-4/i;;;;;2T. The van der Waals surface area contributed by atoms with Crippen LogP contribution in [0, 0.1) is 8.98 Å². The van der Waals surface area contributed by atoms with Crippen molar-refractivity contribution >= 4 is 167 Å². The average Bonchev–Trinajstić information content (AvgIpc) is 1.58. The van der Waals surface area contributed by atoms with Gasteiger partial charge < -0.3 is 133 Å². The van der Waals surface area contributed by atoms with Gasteiger partial charge in [-0.15, -0.1) is 0 Å². The number of urea groups is 2. The number of phosphoric ester groups is 3. The number of nitrogen functional groups attached to an aromatic ring is 1. The Balaban J connectivity index is 0.00000184. The number of aliphatic carboxylic acids is 5. The number of hydrogen-bond donors (Lipinski definition) is 18. The van der Waals surface area contributed by atoms with Crippen molar-refractivity contribution in [3.63, 3.8) is 0 Å². The third kappa shape index (κ3) is 54.9. The number of amides is 6. The van der Waals surface area contributed by atoms with Crippen molar-refractivity contribution in [2.24, 2.45) is 22.6 Å². The molecular weight excluding hydrogens is 1930 g/mol. The molecule has 0 bridgehead atoms. The van der Waals surface area contributed by atoms with Gasteiger partial charge in [-0.1, -0.05) is 70.6 Å². The van der Waals surface area contributed by atoms with Crippen molar-refractivity contribution in [2.75, 3.05) is 56.6 Å². The monoisotopic (exact) mass is 2050 g/mol. The van der Waals surface area contributed by atoms with Crippen molar-refractivity contribution < 1.29 is 149 Å². The van der Waals surface area contributed by atoms with E-state index in [9.17, 15) is 101 Å². The number of thioether (sulfide) groups is 2. The number of hydrogen-bond acceptors (Lipinski definition) is 36. The molecule has 3 fully saturated rings. The number of unbranched alkanes of at least 4 members (excludes halogenated alkanes) is 9. The summed E-state index contributed by atoms with van der Waals surface area (Å²) in [7, 11) is -17.7. The number of carbonyl (C=O) groups excluding carboxylic acids is 6. The number of nitrogens with zero attached hydrogens (tertiary/aromatic N) is 4. The van der Waals surface area contributed by atoms with E-state index in [4.69, 9.17) is 57.4 Å². The number of anilines is 1. The van der Waals surface area contributed by atoms with Crippen LogP contribution in [-0.2, 0) is 89.9 Å². The number of ketones is 1. The number of ether oxygens (including phenoxy) is 1. The van der Waals surface area contributed by atoms with E-state index in [2.05, 4.69) is 64.7 Å². The van der Waals surface area contributed by atoms with Crippen LogP contribution < -0.4 is 74.4 Å². The van der Waals surface area contributed by atoms with Crippen molar-refractivity contribution in [1.82, 2.24) is 51.4 Å². The SMILES string of the molecule is CC(C)(COP(=O)([O-])OP(=O)([O-])OCC1OC(C)(n2cnc3c(N)ncnc32)C(O)C1OP(=O)([O-])[O-])C(O)C(=O)NCCC(=O)NCCSC(=O)CCCCCC(=O)O.CC(N)C(=O)CCCCCC(=O)O.CC(N)C(N)CCCCCC(=O)O.CC1NC(=O)NC1CCCCCC(=O)O.O=C(O)CCCCC1CNC(=O)NCCS1.[3H]I(B=O)I=N. The van der Waals surface area contributed by atoms with Crippen LogP contribution in [0.2, 0.25) is 0 Å². The Morgan fingerprint density at radius 1 is 0.777 bits per heavy atom. The summed E-state index contributed by atoms with van der Waals surface area (Å²) in [5.41, 5.74) is 18.6. The zero-order chi connectivity index (χ0) is 93.0. The maximum atomic E-state index is 12.6. The molecule has 3 aliphatic heterocycles. The van der Waals surface area contributed by atoms with E-state index >= 15 is 0 Å². The normalized spacial score (nSPS) is 20.3. The van der Waals surface area contributed by atoms with E-state index in [-0.39, 0.29) is 134 Å². The van der Waals surface area contributed by atoms with Crippen LogP contribution in [0.15, 0.2) is 12.7 Å². The molecule has 0 aromatic carbocycles. The number of Topliss-reactive ketones (excluding diaryl/α,β-unsaturated/α-hetero) is 1. The van der Waals surface area contributed by atoms with Crippen LogP contribution in [0.3, 0.4) is 0 Å². The molecule has 5 heterocycles. The van der Waals surface area contributed by atoms with Gasteiger partial charge >= 0.3 is 89.6 Å². The number of carboxylic acid groups (broad SMARTS) is 5. The van der Waals surface area contributed by atoms with Crippen LogP contribution in [0.1, 0.15) is 202 Å². The van der Waals surface area contributed by atoms with Gasteiger partial charge in [0.2, 0.25) is 11.8 Å². The molecule has 6 amide bonds. The summed E-state index contributed by atoms with van der Waals surface area (Å²) < 4.78 is 83.8. The van der Waals surface area contributed by atoms with Gasteiger partial charge in [0.05, 0.1) is 39.4 Å². The number of carboxylic acids is 5. The number of carbonyl (C=O) groups is 11. The Morgan fingerprint density at radius 2 is 1.31 bits per heavy atom. The zero-order valence-corrected chi connectivity index (χ0v) is 76.9. The molecule has 22 N–H and O–H groups in total. The fourth-order valence-electron chi connectivity index (χ4n) is 10.8. The summed E-state index contributed by atoms with van der Waals surface area (Å²) in [6.07, 6.45) is 8.93. The van der Waals surface area contributed by atoms with E-state index in [1.165, 1.54) is 20.8 Å². The van der Waals surface area contributed by atoms with Crippen LogP contribution in [0.25, 0.3) is 11.2 Å². The minimum atomic E-state index is -5.95. The van der Waals surface area contributed by atoms with Crippen molar-refractivity contribution in [2.45, 2.75) is 268 Å². The summed E-state index contributed by atoms with van der Waals surface area (Å²) in [6.45, 7) is 8.00. The summed E-state index contributed by atoms with van der Waals surface area (Å²) in [5.74, 6) is -4.24. The fraction of sp³-hybridized carbons (Fsp3) is 0.761. The number of imidazole rings is 1. The third-order valence-electron chi connectivity index (χ3n) is 17.6. The molecule has 0 saturated carbocycles. The second-order valence-corrected chi connectivity index (χ2v) is 42.4. The van der Waals surface area contributed by atoms with E-state index in [1.54, 1.807) is 6.92 Å². The number of aliphatic hydroxyl groups is 2. The van der Waals surface area contributed by atoms with Gasteiger partial charge in [-0.25, -0.2) is 28.9 Å². The van der Waals surface area contributed by atoms with Crippen LogP contribution in [0.5, 0.6) is 0 Å². The Hall–Kier alpha value is -5.53. The molecule has 0 radical (unpaired) electrons. The van der Waals surface area contributed by atoms with Gasteiger partial charge in [-0.3, -0.25) is 56.8 Å². The first-order valence-corrected chi connectivity index (χ1v) is 53.5. The predicted molar refractivity (Wildman–Crippen MR) is 453 cm³/mol. The van der Waals surface area contributed by atoms with E-state index < -0.39 is 148 Å². The number of fused-ring (bicyclic) bond motifs is 1. The fourth-order valence-corrected chi connectivity index (χ4v) is 16.1. The van der Waals surface area contributed by atoms with Gasteiger partial charge in [-0.05, 0) is 91.9 Å². The molecule has 696 valence electrons. The Bertz CT molecular complexity index is 3740. The molecule has 13 unspecified atom stereocenters. The number of nitrogens with one attached hydrogen (secondary N) is 7. The zero-order valence-electron chi connectivity index (χ0n) is 69.3. The first-order chi connectivity index (χ1) is 56.9. The Kier molecular flexibility index (Phi) is 58.7. The number of phosphoric acid groups is 3. The molecule has 13 atom stereocenters. The van der Waals surface area contributed by atoms with Crippen molar-refractivity contribution in [3.05, 3.63) is 12.7 Å². The molecule has 2 aromatic rings. The topological polar surface area (TPSA) is 780 Å². The van der Waals surface area contributed by atoms with Gasteiger partial charge in [0.15, 0.2) is 22.3 Å². The van der Waals surface area contributed by atoms with E-state index in [0.29, 0.717) is 55.4 Å². The Labute approximate surface area is 726 Å². The van der Waals surface area contributed by atoms with Gasteiger partial charge in [-0.2, -0.15) is 11.8 Å². The molecular formula is C67H119BI2N15O31P3S2-4. The molecule has 5 rings (SSSR count). The average molecular weight is 2050 g/mol.